The number of amides is 2. The molecule has 0 aliphatic carbocycles. The van der Waals surface area contributed by atoms with Gasteiger partial charge in [0.15, 0.2) is 0 Å². The fourth-order valence-corrected chi connectivity index (χ4v) is 2.44. The summed E-state index contributed by atoms with van der Waals surface area (Å²) in [5.74, 6) is 0. The van der Waals surface area contributed by atoms with Crippen LogP contribution in [0.2, 0.25) is 0 Å². The third kappa shape index (κ3) is 4.81. The molecule has 0 saturated heterocycles. The highest BCUT2D eigenvalue weighted by Crippen LogP contribution is 2.29. The van der Waals surface area contributed by atoms with Crippen molar-refractivity contribution in [2.45, 2.75) is 12.7 Å². The second kappa shape index (κ2) is 7.86. The Labute approximate surface area is 153 Å². The predicted octanol–water partition coefficient (Wildman–Crippen LogP) is 4.48. The van der Waals surface area contributed by atoms with E-state index in [1.54, 1.807) is 30.7 Å². The summed E-state index contributed by atoms with van der Waals surface area (Å²) in [4.78, 5) is 20.4. The van der Waals surface area contributed by atoms with Crippen LogP contribution in [-0.4, -0.2) is 16.0 Å². The van der Waals surface area contributed by atoms with Crippen molar-refractivity contribution in [1.82, 2.24) is 15.3 Å². The molecule has 0 fully saturated rings. The van der Waals surface area contributed by atoms with Crippen molar-refractivity contribution in [3.05, 3.63) is 78.2 Å². The molecule has 8 heteroatoms. The van der Waals surface area contributed by atoms with Crippen molar-refractivity contribution in [2.75, 3.05) is 5.32 Å². The summed E-state index contributed by atoms with van der Waals surface area (Å²) < 4.78 is 37.7. The number of nitrogens with one attached hydrogen (secondary N) is 2. The Morgan fingerprint density at radius 2 is 1.74 bits per heavy atom. The summed E-state index contributed by atoms with van der Waals surface area (Å²) >= 11 is 0. The lowest BCUT2D eigenvalue weighted by Crippen LogP contribution is -2.28. The summed E-state index contributed by atoms with van der Waals surface area (Å²) in [6, 6.07) is 10.9. The maximum absolute atomic E-state index is 12.6. The Morgan fingerprint density at radius 3 is 2.41 bits per heavy atom. The topological polar surface area (TPSA) is 66.9 Å². The van der Waals surface area contributed by atoms with Crippen LogP contribution in [-0.2, 0) is 12.7 Å². The number of nitrogens with zero attached hydrogens (tertiary/aromatic N) is 2. The first-order chi connectivity index (χ1) is 12.9. The normalized spacial score (nSPS) is 11.1. The lowest BCUT2D eigenvalue weighted by molar-refractivity contribution is -0.137. The standard InChI is InChI=1S/C19H15F3N4O/c20-19(21,22)15-5-7-16(8-6-15)26-18(27)25-12-14-4-2-10-24-17(14)13-3-1-9-23-11-13/h1-11H,12H2,(H2,25,26,27). The molecule has 2 heterocycles. The molecule has 0 unspecified atom stereocenters. The molecule has 3 rings (SSSR count). The lowest BCUT2D eigenvalue weighted by atomic mass is 10.1. The molecule has 138 valence electrons. The molecule has 0 saturated carbocycles. The number of carbonyl (C=O) groups is 1. The van der Waals surface area contributed by atoms with E-state index in [0.29, 0.717) is 5.69 Å². The number of pyridine rings is 2. The number of urea groups is 1. The van der Waals surface area contributed by atoms with Crippen LogP contribution >= 0.6 is 0 Å². The van der Waals surface area contributed by atoms with Gasteiger partial charge in [0.2, 0.25) is 0 Å². The smallest absolute Gasteiger partial charge is 0.334 e. The quantitative estimate of drug-likeness (QED) is 0.709. The molecule has 1 aromatic carbocycles. The van der Waals surface area contributed by atoms with Gasteiger partial charge in [0.1, 0.15) is 0 Å². The second-order valence-electron chi connectivity index (χ2n) is 5.64. The Hall–Kier alpha value is -3.42. The minimum absolute atomic E-state index is 0.199. The highest BCUT2D eigenvalue weighted by molar-refractivity contribution is 5.89. The van der Waals surface area contributed by atoms with E-state index in [2.05, 4.69) is 20.6 Å². The molecule has 27 heavy (non-hydrogen) atoms. The molecular weight excluding hydrogens is 357 g/mol. The number of aromatic nitrogens is 2. The van der Waals surface area contributed by atoms with E-state index in [9.17, 15) is 18.0 Å². The number of carbonyl (C=O) groups excluding carboxylic acids is 1. The van der Waals surface area contributed by atoms with Crippen molar-refractivity contribution in [3.63, 3.8) is 0 Å². The van der Waals surface area contributed by atoms with E-state index in [0.717, 1.165) is 23.3 Å². The first kappa shape index (κ1) is 18.4. The van der Waals surface area contributed by atoms with Gasteiger partial charge in [0.25, 0.3) is 0 Å². The molecule has 0 aliphatic rings. The van der Waals surface area contributed by atoms with Crippen LogP contribution in [0, 0.1) is 0 Å². The van der Waals surface area contributed by atoms with Gasteiger partial charge >= 0.3 is 12.2 Å². The zero-order chi connectivity index (χ0) is 19.3. The molecule has 5 nitrogen and oxygen atoms in total. The first-order valence-electron chi connectivity index (χ1n) is 8.00. The highest BCUT2D eigenvalue weighted by atomic mass is 19.4. The largest absolute Gasteiger partial charge is 0.416 e. The Bertz CT molecular complexity index is 912. The SMILES string of the molecule is O=C(NCc1cccnc1-c1cccnc1)Nc1ccc(C(F)(F)F)cc1. The molecule has 0 bridgehead atoms. The summed E-state index contributed by atoms with van der Waals surface area (Å²) in [5, 5.41) is 5.17. The summed E-state index contributed by atoms with van der Waals surface area (Å²) in [6.45, 7) is 0.199. The maximum atomic E-state index is 12.6. The van der Waals surface area contributed by atoms with Gasteiger partial charge in [-0.1, -0.05) is 6.07 Å². The predicted molar refractivity (Wildman–Crippen MR) is 94.8 cm³/mol. The Balaban J connectivity index is 1.63. The Kier molecular flexibility index (Phi) is 5.35. The van der Waals surface area contributed by atoms with Gasteiger partial charge in [-0.2, -0.15) is 13.2 Å². The molecule has 0 aliphatic heterocycles. The molecule has 2 N–H and O–H groups in total. The monoisotopic (exact) mass is 372 g/mol. The molecule has 2 aromatic heterocycles. The van der Waals surface area contributed by atoms with E-state index in [1.807, 2.05) is 12.1 Å². The van der Waals surface area contributed by atoms with Gasteiger partial charge in [0.05, 0.1) is 11.3 Å². The van der Waals surface area contributed by atoms with E-state index >= 15 is 0 Å². The highest BCUT2D eigenvalue weighted by Gasteiger charge is 2.29. The van der Waals surface area contributed by atoms with Crippen LogP contribution < -0.4 is 10.6 Å². The average molecular weight is 372 g/mol. The van der Waals surface area contributed by atoms with Crippen LogP contribution in [0.4, 0.5) is 23.7 Å². The number of rotatable bonds is 4. The summed E-state index contributed by atoms with van der Waals surface area (Å²) in [6.07, 6.45) is 0.563. The first-order valence-corrected chi connectivity index (χ1v) is 8.00. The van der Waals surface area contributed by atoms with Crippen molar-refractivity contribution in [2.24, 2.45) is 0 Å². The summed E-state index contributed by atoms with van der Waals surface area (Å²) in [7, 11) is 0. The average Bonchev–Trinajstić information content (AvgIpc) is 2.67. The van der Waals surface area contributed by atoms with Gasteiger partial charge in [0, 0.05) is 36.4 Å². The minimum atomic E-state index is -4.41. The number of hydrogen-bond donors (Lipinski definition) is 2. The number of halogens is 3. The van der Waals surface area contributed by atoms with Gasteiger partial charge in [-0.15, -0.1) is 0 Å². The molecule has 0 spiro atoms. The van der Waals surface area contributed by atoms with Crippen LogP contribution in [0.5, 0.6) is 0 Å². The lowest BCUT2D eigenvalue weighted by Gasteiger charge is -2.11. The molecule has 0 radical (unpaired) electrons. The number of anilines is 1. The van der Waals surface area contributed by atoms with E-state index in [1.165, 1.54) is 12.1 Å². The molecule has 2 amide bonds. The summed E-state index contributed by atoms with van der Waals surface area (Å²) in [5.41, 5.74) is 1.79. The fourth-order valence-electron chi connectivity index (χ4n) is 2.44. The van der Waals surface area contributed by atoms with Crippen molar-refractivity contribution in [1.29, 1.82) is 0 Å². The molecule has 0 atom stereocenters. The van der Waals surface area contributed by atoms with E-state index in [-0.39, 0.29) is 12.2 Å². The zero-order valence-electron chi connectivity index (χ0n) is 14.0. The van der Waals surface area contributed by atoms with Crippen LogP contribution in [0.3, 0.4) is 0 Å². The Morgan fingerprint density at radius 1 is 1.00 bits per heavy atom. The number of benzene rings is 1. The molecular formula is C19H15F3N4O. The number of hydrogen-bond acceptors (Lipinski definition) is 3. The van der Waals surface area contributed by atoms with Gasteiger partial charge in [-0.25, -0.2) is 4.79 Å². The van der Waals surface area contributed by atoms with Crippen molar-refractivity contribution < 1.29 is 18.0 Å². The molecule has 3 aromatic rings. The van der Waals surface area contributed by atoms with Crippen LogP contribution in [0.25, 0.3) is 11.3 Å². The maximum Gasteiger partial charge on any atom is 0.416 e. The van der Waals surface area contributed by atoms with Crippen molar-refractivity contribution >= 4 is 11.7 Å². The fraction of sp³-hybridized carbons (Fsp3) is 0.105. The van der Waals surface area contributed by atoms with Crippen LogP contribution in [0.1, 0.15) is 11.1 Å². The van der Waals surface area contributed by atoms with Gasteiger partial charge in [-0.05, 0) is 48.0 Å². The van der Waals surface area contributed by atoms with E-state index < -0.39 is 17.8 Å². The third-order valence-corrected chi connectivity index (χ3v) is 3.74. The van der Waals surface area contributed by atoms with Gasteiger partial charge < -0.3 is 10.6 Å². The minimum Gasteiger partial charge on any atom is -0.334 e. The number of alkyl halides is 3. The second-order valence-corrected chi connectivity index (χ2v) is 5.64. The van der Waals surface area contributed by atoms with Crippen LogP contribution in [0.15, 0.2) is 67.1 Å². The van der Waals surface area contributed by atoms with Crippen molar-refractivity contribution in [3.8, 4) is 11.3 Å². The van der Waals surface area contributed by atoms with E-state index in [4.69, 9.17) is 0 Å². The third-order valence-electron chi connectivity index (χ3n) is 3.74. The van der Waals surface area contributed by atoms with Gasteiger partial charge in [-0.3, -0.25) is 9.97 Å². The zero-order valence-corrected chi connectivity index (χ0v) is 14.0.